The first-order chi connectivity index (χ1) is 18.8. The quantitative estimate of drug-likeness (QED) is 0.134. The molecule has 0 atom stereocenters. The monoisotopic (exact) mass is 524 g/mol. The van der Waals surface area contributed by atoms with Crippen molar-refractivity contribution in [2.24, 2.45) is 0 Å². The van der Waals surface area contributed by atoms with E-state index in [1.807, 2.05) is 33.6 Å². The van der Waals surface area contributed by atoms with Crippen molar-refractivity contribution in [2.75, 3.05) is 13.2 Å². The molecule has 0 aliphatic carbocycles. The third kappa shape index (κ3) is 12.1. The van der Waals surface area contributed by atoms with Crippen molar-refractivity contribution < 1.29 is 9.47 Å². The summed E-state index contributed by atoms with van der Waals surface area (Å²) in [6, 6.07) is 7.94. The van der Waals surface area contributed by atoms with E-state index in [0.717, 1.165) is 74.5 Å². The highest BCUT2D eigenvalue weighted by Gasteiger charge is 2.03. The number of nitrogens with zero attached hydrogens (tertiary/aromatic N) is 6. The summed E-state index contributed by atoms with van der Waals surface area (Å²) in [6.07, 6.45) is 20.2. The maximum atomic E-state index is 5.90. The second-order valence-corrected chi connectivity index (χ2v) is 10.1. The van der Waals surface area contributed by atoms with Gasteiger partial charge < -0.3 is 9.47 Å². The molecule has 0 fully saturated rings. The number of unbranched alkanes of at least 4 members (excludes halogenated alkanes) is 8. The van der Waals surface area contributed by atoms with Crippen LogP contribution in [0.4, 0.5) is 0 Å². The molecule has 8 heteroatoms. The lowest BCUT2D eigenvalue weighted by molar-refractivity contribution is 0.298. The van der Waals surface area contributed by atoms with Gasteiger partial charge in [0.05, 0.1) is 24.6 Å². The molecule has 0 saturated carbocycles. The Kier molecular flexibility index (Phi) is 14.3. The second-order valence-electron chi connectivity index (χ2n) is 10.1. The molecule has 0 N–H and O–H groups in total. The minimum atomic E-state index is 0.703. The number of rotatable bonds is 22. The fraction of sp³-hybridized carbons (Fsp3) is 0.667. The highest BCUT2D eigenvalue weighted by molar-refractivity contribution is 5.31. The molecule has 2 heterocycles. The third-order valence-electron chi connectivity index (χ3n) is 6.67. The van der Waals surface area contributed by atoms with Crippen molar-refractivity contribution >= 4 is 0 Å². The predicted molar refractivity (Wildman–Crippen MR) is 152 cm³/mol. The third-order valence-corrected chi connectivity index (χ3v) is 6.67. The average molecular weight is 525 g/mol. The van der Waals surface area contributed by atoms with Crippen LogP contribution in [-0.2, 0) is 25.9 Å². The van der Waals surface area contributed by atoms with E-state index in [-0.39, 0.29) is 0 Å². The highest BCUT2D eigenvalue weighted by Crippen LogP contribution is 2.18. The van der Waals surface area contributed by atoms with E-state index in [4.69, 9.17) is 9.47 Å². The SMILES string of the molecule is CCCCCCn1cc(CCCCOc2ccc(OCCCCc3cn(CCCCCC)nn3)cc2)nn1. The van der Waals surface area contributed by atoms with Gasteiger partial charge in [-0.1, -0.05) is 62.8 Å². The standard InChI is InChI=1S/C30H48N6O2/c1-3-5-7-11-21-35-25-27(31-33-35)15-9-13-23-37-29-17-19-30(20-18-29)38-24-14-10-16-28-26-36(34-32-28)22-12-8-6-4-2/h17-20,25-26H,3-16,21-24H2,1-2H3. The first-order valence-corrected chi connectivity index (χ1v) is 14.9. The van der Waals surface area contributed by atoms with Gasteiger partial charge in [0.15, 0.2) is 0 Å². The van der Waals surface area contributed by atoms with E-state index in [2.05, 4.69) is 46.9 Å². The van der Waals surface area contributed by atoms with Crippen molar-refractivity contribution in [3.63, 3.8) is 0 Å². The van der Waals surface area contributed by atoms with Gasteiger partial charge in [0.1, 0.15) is 11.5 Å². The van der Waals surface area contributed by atoms with Gasteiger partial charge in [-0.05, 0) is 75.6 Å². The summed E-state index contributed by atoms with van der Waals surface area (Å²) in [5.74, 6) is 1.77. The molecule has 3 aromatic rings. The molecule has 3 rings (SSSR count). The van der Waals surface area contributed by atoms with E-state index in [1.165, 1.54) is 51.4 Å². The van der Waals surface area contributed by atoms with Crippen molar-refractivity contribution in [1.29, 1.82) is 0 Å². The van der Waals surface area contributed by atoms with Gasteiger partial charge in [0.2, 0.25) is 0 Å². The van der Waals surface area contributed by atoms with E-state index in [0.29, 0.717) is 13.2 Å². The minimum Gasteiger partial charge on any atom is -0.494 e. The van der Waals surface area contributed by atoms with Crippen molar-refractivity contribution in [1.82, 2.24) is 30.0 Å². The van der Waals surface area contributed by atoms with Crippen LogP contribution in [0, 0.1) is 0 Å². The summed E-state index contributed by atoms with van der Waals surface area (Å²) < 4.78 is 15.8. The number of ether oxygens (including phenoxy) is 2. The van der Waals surface area contributed by atoms with E-state index in [9.17, 15) is 0 Å². The fourth-order valence-electron chi connectivity index (χ4n) is 4.35. The molecular formula is C30H48N6O2. The van der Waals surface area contributed by atoms with E-state index in [1.54, 1.807) is 0 Å². The lowest BCUT2D eigenvalue weighted by Gasteiger charge is -2.08. The average Bonchev–Trinajstić information content (AvgIpc) is 3.59. The summed E-state index contributed by atoms with van der Waals surface area (Å²) in [7, 11) is 0. The second kappa shape index (κ2) is 18.4. The Bertz CT molecular complexity index is 906. The van der Waals surface area contributed by atoms with Gasteiger partial charge in [-0.25, -0.2) is 0 Å². The van der Waals surface area contributed by atoms with Crippen molar-refractivity contribution in [3.05, 3.63) is 48.0 Å². The molecule has 2 aromatic heterocycles. The summed E-state index contributed by atoms with van der Waals surface area (Å²) in [5, 5.41) is 17.1. The van der Waals surface area contributed by atoms with Crippen LogP contribution >= 0.6 is 0 Å². The number of aromatic nitrogens is 6. The highest BCUT2D eigenvalue weighted by atomic mass is 16.5. The smallest absolute Gasteiger partial charge is 0.119 e. The Balaban J connectivity index is 1.19. The van der Waals surface area contributed by atoms with Gasteiger partial charge in [0.25, 0.3) is 0 Å². The normalized spacial score (nSPS) is 11.2. The lowest BCUT2D eigenvalue weighted by atomic mass is 10.2. The van der Waals surface area contributed by atoms with Crippen molar-refractivity contribution in [3.8, 4) is 11.5 Å². The number of hydrogen-bond donors (Lipinski definition) is 0. The Hall–Kier alpha value is -2.90. The topological polar surface area (TPSA) is 79.9 Å². The molecular weight excluding hydrogens is 476 g/mol. The zero-order chi connectivity index (χ0) is 26.7. The van der Waals surface area contributed by atoms with E-state index < -0.39 is 0 Å². The van der Waals surface area contributed by atoms with Gasteiger partial charge in [0, 0.05) is 25.5 Å². The number of aryl methyl sites for hydroxylation is 4. The van der Waals surface area contributed by atoms with Crippen LogP contribution < -0.4 is 9.47 Å². The molecule has 38 heavy (non-hydrogen) atoms. The molecule has 8 nitrogen and oxygen atoms in total. The molecule has 1 aromatic carbocycles. The molecule has 0 amide bonds. The minimum absolute atomic E-state index is 0.703. The molecule has 0 aliphatic heterocycles. The van der Waals surface area contributed by atoms with Crippen LogP contribution in [0.15, 0.2) is 36.7 Å². The number of hydrogen-bond acceptors (Lipinski definition) is 6. The lowest BCUT2D eigenvalue weighted by Crippen LogP contribution is -2.00. The van der Waals surface area contributed by atoms with Crippen LogP contribution in [0.2, 0.25) is 0 Å². The van der Waals surface area contributed by atoms with Crippen LogP contribution in [0.25, 0.3) is 0 Å². The molecule has 0 bridgehead atoms. The molecule has 210 valence electrons. The largest absolute Gasteiger partial charge is 0.494 e. The van der Waals surface area contributed by atoms with Gasteiger partial charge in [-0.3, -0.25) is 9.36 Å². The molecule has 0 saturated heterocycles. The Morgan fingerprint density at radius 1 is 0.553 bits per heavy atom. The van der Waals surface area contributed by atoms with Gasteiger partial charge in [-0.2, -0.15) is 0 Å². The van der Waals surface area contributed by atoms with Crippen LogP contribution in [-0.4, -0.2) is 43.2 Å². The number of benzene rings is 1. The first kappa shape index (κ1) is 29.7. The summed E-state index contributed by atoms with van der Waals surface area (Å²) >= 11 is 0. The molecule has 0 radical (unpaired) electrons. The first-order valence-electron chi connectivity index (χ1n) is 14.9. The molecule has 0 aliphatic rings. The van der Waals surface area contributed by atoms with Crippen LogP contribution in [0.1, 0.15) is 102 Å². The Morgan fingerprint density at radius 2 is 1.00 bits per heavy atom. The Morgan fingerprint density at radius 3 is 1.42 bits per heavy atom. The zero-order valence-corrected chi connectivity index (χ0v) is 23.7. The summed E-state index contributed by atoms with van der Waals surface area (Å²) in [4.78, 5) is 0. The van der Waals surface area contributed by atoms with Crippen molar-refractivity contribution in [2.45, 2.75) is 117 Å². The van der Waals surface area contributed by atoms with Crippen LogP contribution in [0.5, 0.6) is 11.5 Å². The predicted octanol–water partition coefficient (Wildman–Crippen LogP) is 6.83. The zero-order valence-electron chi connectivity index (χ0n) is 23.7. The maximum absolute atomic E-state index is 5.90. The van der Waals surface area contributed by atoms with Gasteiger partial charge >= 0.3 is 0 Å². The summed E-state index contributed by atoms with van der Waals surface area (Å²) in [6.45, 7) is 7.81. The summed E-state index contributed by atoms with van der Waals surface area (Å²) in [5.41, 5.74) is 2.15. The van der Waals surface area contributed by atoms with Crippen LogP contribution in [0.3, 0.4) is 0 Å². The molecule has 0 unspecified atom stereocenters. The Labute approximate surface area is 229 Å². The fourth-order valence-corrected chi connectivity index (χ4v) is 4.35. The van der Waals surface area contributed by atoms with E-state index >= 15 is 0 Å². The van der Waals surface area contributed by atoms with Gasteiger partial charge in [-0.15, -0.1) is 10.2 Å². The maximum Gasteiger partial charge on any atom is 0.119 e. The molecule has 0 spiro atoms.